The highest BCUT2D eigenvalue weighted by Gasteiger charge is 2.24. The fraction of sp³-hybridized carbons (Fsp3) is 0.350. The number of fused-ring (bicyclic) bond motifs is 2. The molecule has 0 saturated carbocycles. The van der Waals surface area contributed by atoms with Gasteiger partial charge in [0.25, 0.3) is 0 Å². The van der Waals surface area contributed by atoms with Crippen LogP contribution < -0.4 is 4.90 Å². The zero-order chi connectivity index (χ0) is 19.3. The molecule has 4 aromatic heterocycles. The Kier molecular flexibility index (Phi) is 4.08. The predicted molar refractivity (Wildman–Crippen MR) is 111 cm³/mol. The van der Waals surface area contributed by atoms with E-state index in [9.17, 15) is 5.11 Å². The van der Waals surface area contributed by atoms with Crippen molar-refractivity contribution in [3.63, 3.8) is 0 Å². The van der Waals surface area contributed by atoms with Crippen LogP contribution in [0.25, 0.3) is 32.6 Å². The molecule has 8 heteroatoms. The van der Waals surface area contributed by atoms with E-state index in [1.807, 2.05) is 24.4 Å². The van der Waals surface area contributed by atoms with Crippen molar-refractivity contribution in [3.05, 3.63) is 35.5 Å². The molecule has 28 heavy (non-hydrogen) atoms. The SMILES string of the molecule is CC(C)(O)c1cc2nc(-c3cnc4[nH]ccc4c3)nc(N3CCOCC3)c2s1. The Morgan fingerprint density at radius 1 is 1.21 bits per heavy atom. The van der Waals surface area contributed by atoms with Crippen LogP contribution in [0.5, 0.6) is 0 Å². The monoisotopic (exact) mass is 395 g/mol. The molecule has 0 radical (unpaired) electrons. The lowest BCUT2D eigenvalue weighted by molar-refractivity contribution is 0.0826. The van der Waals surface area contributed by atoms with Gasteiger partial charge in [0.15, 0.2) is 11.6 Å². The first kappa shape index (κ1) is 17.5. The molecule has 0 atom stereocenters. The number of H-pyrrole nitrogens is 1. The molecule has 0 aromatic carbocycles. The third-order valence-corrected chi connectivity index (χ3v) is 6.36. The number of aromatic nitrogens is 4. The molecule has 1 saturated heterocycles. The molecule has 0 aliphatic carbocycles. The number of morpholine rings is 1. The van der Waals surface area contributed by atoms with Gasteiger partial charge in [-0.15, -0.1) is 11.3 Å². The van der Waals surface area contributed by atoms with E-state index in [-0.39, 0.29) is 0 Å². The van der Waals surface area contributed by atoms with Gasteiger partial charge in [0, 0.05) is 41.3 Å². The Labute approximate surface area is 166 Å². The molecule has 5 heterocycles. The van der Waals surface area contributed by atoms with E-state index in [2.05, 4.69) is 14.9 Å². The minimum absolute atomic E-state index is 0.643. The molecule has 1 aliphatic heterocycles. The van der Waals surface area contributed by atoms with E-state index in [1.165, 1.54) is 0 Å². The summed E-state index contributed by atoms with van der Waals surface area (Å²) in [4.78, 5) is 20.4. The summed E-state index contributed by atoms with van der Waals surface area (Å²) in [5, 5.41) is 11.5. The Morgan fingerprint density at radius 3 is 2.82 bits per heavy atom. The summed E-state index contributed by atoms with van der Waals surface area (Å²) >= 11 is 1.55. The van der Waals surface area contributed by atoms with Crippen LogP contribution in [0.4, 0.5) is 5.82 Å². The number of ether oxygens (including phenoxy) is 1. The van der Waals surface area contributed by atoms with Gasteiger partial charge in [-0.25, -0.2) is 15.0 Å². The summed E-state index contributed by atoms with van der Waals surface area (Å²) in [7, 11) is 0. The molecule has 0 unspecified atom stereocenters. The summed E-state index contributed by atoms with van der Waals surface area (Å²) in [6.45, 7) is 6.53. The fourth-order valence-corrected chi connectivity index (χ4v) is 4.51. The van der Waals surface area contributed by atoms with Crippen molar-refractivity contribution in [1.82, 2.24) is 19.9 Å². The van der Waals surface area contributed by atoms with Gasteiger partial charge in [0.05, 0.1) is 29.0 Å². The van der Waals surface area contributed by atoms with Gasteiger partial charge in [-0.2, -0.15) is 0 Å². The predicted octanol–water partition coefficient (Wildman–Crippen LogP) is 3.30. The van der Waals surface area contributed by atoms with Crippen LogP contribution in [0.1, 0.15) is 18.7 Å². The minimum atomic E-state index is -0.917. The maximum Gasteiger partial charge on any atom is 0.163 e. The number of anilines is 1. The molecule has 0 spiro atoms. The van der Waals surface area contributed by atoms with Gasteiger partial charge < -0.3 is 19.7 Å². The molecular weight excluding hydrogens is 374 g/mol. The molecule has 7 nitrogen and oxygen atoms in total. The maximum atomic E-state index is 10.5. The molecule has 0 bridgehead atoms. The normalized spacial score (nSPS) is 15.6. The Balaban J connectivity index is 1.70. The number of rotatable bonds is 3. The van der Waals surface area contributed by atoms with Crippen LogP contribution in [0.3, 0.4) is 0 Å². The van der Waals surface area contributed by atoms with Gasteiger partial charge in [0.1, 0.15) is 5.65 Å². The van der Waals surface area contributed by atoms with Crippen molar-refractivity contribution in [2.45, 2.75) is 19.4 Å². The molecule has 1 aliphatic rings. The number of pyridine rings is 1. The lowest BCUT2D eigenvalue weighted by Crippen LogP contribution is -2.36. The average Bonchev–Trinajstić information content (AvgIpc) is 3.33. The quantitative estimate of drug-likeness (QED) is 0.553. The summed E-state index contributed by atoms with van der Waals surface area (Å²) in [5.74, 6) is 1.54. The van der Waals surface area contributed by atoms with E-state index in [0.29, 0.717) is 19.0 Å². The Hall–Kier alpha value is -2.55. The van der Waals surface area contributed by atoms with E-state index < -0.39 is 5.60 Å². The first-order valence-corrected chi connectivity index (χ1v) is 10.1. The fourth-order valence-electron chi connectivity index (χ4n) is 3.40. The van der Waals surface area contributed by atoms with Crippen LogP contribution in [-0.4, -0.2) is 51.3 Å². The van der Waals surface area contributed by atoms with Gasteiger partial charge >= 0.3 is 0 Å². The number of aliphatic hydroxyl groups is 1. The van der Waals surface area contributed by atoms with Gasteiger partial charge in [-0.1, -0.05) is 0 Å². The van der Waals surface area contributed by atoms with Crippen LogP contribution in [-0.2, 0) is 10.3 Å². The van der Waals surface area contributed by atoms with Crippen LogP contribution in [0, 0.1) is 0 Å². The summed E-state index contributed by atoms with van der Waals surface area (Å²) in [5.41, 5.74) is 1.65. The van der Waals surface area contributed by atoms with Crippen molar-refractivity contribution >= 4 is 38.4 Å². The van der Waals surface area contributed by atoms with Crippen LogP contribution in [0.2, 0.25) is 0 Å². The highest BCUT2D eigenvalue weighted by molar-refractivity contribution is 7.19. The number of aromatic amines is 1. The number of nitrogens with one attached hydrogen (secondary N) is 1. The smallest absolute Gasteiger partial charge is 0.163 e. The molecule has 4 aromatic rings. The highest BCUT2D eigenvalue weighted by Crippen LogP contribution is 2.38. The van der Waals surface area contributed by atoms with Crippen molar-refractivity contribution in [3.8, 4) is 11.4 Å². The topological polar surface area (TPSA) is 87.2 Å². The first-order valence-electron chi connectivity index (χ1n) is 9.30. The third-order valence-electron chi connectivity index (χ3n) is 4.93. The zero-order valence-corrected chi connectivity index (χ0v) is 16.6. The van der Waals surface area contributed by atoms with Gasteiger partial charge in [-0.3, -0.25) is 0 Å². The van der Waals surface area contributed by atoms with E-state index >= 15 is 0 Å². The number of hydrogen-bond donors (Lipinski definition) is 2. The number of nitrogens with zero attached hydrogens (tertiary/aromatic N) is 4. The standard InChI is InChI=1S/C20H21N5O2S/c1-20(2,26)15-10-14-16(28-15)19(25-5-7-27-8-6-25)24-18(23-14)13-9-12-3-4-21-17(12)22-11-13/h3-4,9-11,26H,5-8H2,1-2H3,(H,21,22). The summed E-state index contributed by atoms with van der Waals surface area (Å²) in [6.07, 6.45) is 3.67. The molecule has 144 valence electrons. The van der Waals surface area contributed by atoms with Crippen molar-refractivity contribution in [2.24, 2.45) is 0 Å². The second-order valence-corrected chi connectivity index (χ2v) is 8.55. The zero-order valence-electron chi connectivity index (χ0n) is 15.8. The molecule has 5 rings (SSSR count). The van der Waals surface area contributed by atoms with Crippen molar-refractivity contribution < 1.29 is 9.84 Å². The van der Waals surface area contributed by atoms with Gasteiger partial charge in [-0.05, 0) is 32.0 Å². The molecule has 0 amide bonds. The van der Waals surface area contributed by atoms with E-state index in [4.69, 9.17) is 14.7 Å². The molecule has 1 fully saturated rings. The maximum absolute atomic E-state index is 10.5. The van der Waals surface area contributed by atoms with Crippen LogP contribution in [0.15, 0.2) is 30.6 Å². The molecular formula is C20H21N5O2S. The van der Waals surface area contributed by atoms with Crippen molar-refractivity contribution in [1.29, 1.82) is 0 Å². The third kappa shape index (κ3) is 3.03. The first-order chi connectivity index (χ1) is 13.5. The highest BCUT2D eigenvalue weighted by atomic mass is 32.1. The Morgan fingerprint density at radius 2 is 2.04 bits per heavy atom. The van der Waals surface area contributed by atoms with Crippen LogP contribution >= 0.6 is 11.3 Å². The second-order valence-electron chi connectivity index (χ2n) is 7.49. The Bertz CT molecular complexity index is 1150. The lowest BCUT2D eigenvalue weighted by Gasteiger charge is -2.28. The summed E-state index contributed by atoms with van der Waals surface area (Å²) < 4.78 is 6.51. The van der Waals surface area contributed by atoms with Gasteiger partial charge in [0.2, 0.25) is 0 Å². The average molecular weight is 395 g/mol. The second kappa shape index (κ2) is 6.51. The number of hydrogen-bond acceptors (Lipinski definition) is 7. The lowest BCUT2D eigenvalue weighted by atomic mass is 10.1. The van der Waals surface area contributed by atoms with E-state index in [0.717, 1.165) is 50.6 Å². The number of thiophene rings is 1. The van der Waals surface area contributed by atoms with E-state index in [1.54, 1.807) is 31.4 Å². The molecule has 2 N–H and O–H groups in total. The summed E-state index contributed by atoms with van der Waals surface area (Å²) in [6, 6.07) is 6.01. The van der Waals surface area contributed by atoms with Crippen molar-refractivity contribution in [2.75, 3.05) is 31.2 Å². The largest absolute Gasteiger partial charge is 0.385 e. The minimum Gasteiger partial charge on any atom is -0.385 e.